The Morgan fingerprint density at radius 2 is 2.17 bits per heavy atom. The minimum absolute atomic E-state index is 0.265. The van der Waals surface area contributed by atoms with E-state index in [0.29, 0.717) is 19.9 Å². The van der Waals surface area contributed by atoms with Crippen LogP contribution in [0.2, 0.25) is 0 Å². The SMILES string of the molecule is CN1CCOCC1(CN)c1ccc2c(c1)OCO2. The summed E-state index contributed by atoms with van der Waals surface area (Å²) in [4.78, 5) is 2.26. The molecule has 0 radical (unpaired) electrons. The van der Waals surface area contributed by atoms with E-state index in [4.69, 9.17) is 19.9 Å². The van der Waals surface area contributed by atoms with E-state index >= 15 is 0 Å². The highest BCUT2D eigenvalue weighted by molar-refractivity contribution is 5.46. The van der Waals surface area contributed by atoms with E-state index in [1.165, 1.54) is 0 Å². The zero-order valence-corrected chi connectivity index (χ0v) is 10.5. The van der Waals surface area contributed by atoms with Gasteiger partial charge in [-0.05, 0) is 24.7 Å². The first-order chi connectivity index (χ1) is 8.76. The quantitative estimate of drug-likeness (QED) is 0.830. The van der Waals surface area contributed by atoms with Crippen LogP contribution in [0.3, 0.4) is 0 Å². The van der Waals surface area contributed by atoms with Crippen molar-refractivity contribution in [1.82, 2.24) is 4.90 Å². The van der Waals surface area contributed by atoms with Crippen LogP contribution >= 0.6 is 0 Å². The van der Waals surface area contributed by atoms with Gasteiger partial charge in [0, 0.05) is 13.1 Å². The van der Waals surface area contributed by atoms with Crippen molar-refractivity contribution in [2.75, 3.05) is 40.1 Å². The highest BCUT2D eigenvalue weighted by atomic mass is 16.7. The summed E-state index contributed by atoms with van der Waals surface area (Å²) in [5.41, 5.74) is 6.87. The van der Waals surface area contributed by atoms with Crippen LogP contribution in [0.1, 0.15) is 5.56 Å². The summed E-state index contributed by atoms with van der Waals surface area (Å²) in [5.74, 6) is 1.59. The highest BCUT2D eigenvalue weighted by Crippen LogP contribution is 2.38. The third-order valence-corrected chi connectivity index (χ3v) is 3.89. The van der Waals surface area contributed by atoms with Crippen molar-refractivity contribution in [2.24, 2.45) is 5.73 Å². The molecule has 0 bridgehead atoms. The molecule has 1 fully saturated rings. The van der Waals surface area contributed by atoms with E-state index < -0.39 is 0 Å². The van der Waals surface area contributed by atoms with E-state index in [9.17, 15) is 0 Å². The minimum atomic E-state index is -0.265. The van der Waals surface area contributed by atoms with E-state index in [1.54, 1.807) is 0 Å². The summed E-state index contributed by atoms with van der Waals surface area (Å²) in [6.07, 6.45) is 0. The lowest BCUT2D eigenvalue weighted by Gasteiger charge is -2.44. The van der Waals surface area contributed by atoms with Gasteiger partial charge in [0.25, 0.3) is 0 Å². The molecular weight excluding hydrogens is 232 g/mol. The molecule has 98 valence electrons. The third kappa shape index (κ3) is 1.67. The number of benzene rings is 1. The van der Waals surface area contributed by atoms with Gasteiger partial charge in [-0.15, -0.1) is 0 Å². The van der Waals surface area contributed by atoms with Gasteiger partial charge in [-0.3, -0.25) is 4.90 Å². The average Bonchev–Trinajstić information content (AvgIpc) is 2.87. The van der Waals surface area contributed by atoms with Gasteiger partial charge in [0.15, 0.2) is 11.5 Å². The molecule has 0 aliphatic carbocycles. The molecule has 1 aromatic rings. The normalized spacial score (nSPS) is 27.4. The topological polar surface area (TPSA) is 57.0 Å². The summed E-state index contributed by atoms with van der Waals surface area (Å²) >= 11 is 0. The molecule has 2 aliphatic heterocycles. The molecule has 3 rings (SSSR count). The predicted octanol–water partition coefficient (Wildman–Crippen LogP) is 0.531. The van der Waals surface area contributed by atoms with Crippen molar-refractivity contribution in [2.45, 2.75) is 5.54 Å². The highest BCUT2D eigenvalue weighted by Gasteiger charge is 2.39. The number of morpholine rings is 1. The number of likely N-dealkylation sites (N-methyl/N-ethyl adjacent to an activating group) is 1. The Hall–Kier alpha value is -1.30. The molecule has 2 heterocycles. The third-order valence-electron chi connectivity index (χ3n) is 3.89. The largest absolute Gasteiger partial charge is 0.454 e. The number of nitrogens with zero attached hydrogens (tertiary/aromatic N) is 1. The smallest absolute Gasteiger partial charge is 0.231 e. The Morgan fingerprint density at radius 1 is 1.33 bits per heavy atom. The van der Waals surface area contributed by atoms with Crippen LogP contribution in [0, 0.1) is 0 Å². The number of rotatable bonds is 2. The molecule has 2 aliphatic rings. The van der Waals surface area contributed by atoms with Crippen molar-refractivity contribution < 1.29 is 14.2 Å². The second kappa shape index (κ2) is 4.42. The van der Waals surface area contributed by atoms with E-state index in [-0.39, 0.29) is 5.54 Å². The van der Waals surface area contributed by atoms with Crippen molar-refractivity contribution in [1.29, 1.82) is 0 Å². The van der Waals surface area contributed by atoms with Gasteiger partial charge in [-0.1, -0.05) is 6.07 Å². The van der Waals surface area contributed by atoms with Crippen LogP contribution in [0.15, 0.2) is 18.2 Å². The zero-order chi connectivity index (χ0) is 12.6. The van der Waals surface area contributed by atoms with Gasteiger partial charge in [0.05, 0.1) is 18.8 Å². The van der Waals surface area contributed by atoms with Gasteiger partial charge in [-0.2, -0.15) is 0 Å². The van der Waals surface area contributed by atoms with Gasteiger partial charge in [0.1, 0.15) is 0 Å². The predicted molar refractivity (Wildman–Crippen MR) is 66.7 cm³/mol. The van der Waals surface area contributed by atoms with Crippen molar-refractivity contribution in [3.05, 3.63) is 23.8 Å². The van der Waals surface area contributed by atoms with E-state index in [1.807, 2.05) is 18.2 Å². The molecule has 0 amide bonds. The van der Waals surface area contributed by atoms with Crippen molar-refractivity contribution in [3.63, 3.8) is 0 Å². The van der Waals surface area contributed by atoms with Gasteiger partial charge in [-0.25, -0.2) is 0 Å². The van der Waals surface area contributed by atoms with Crippen LogP contribution in [-0.2, 0) is 10.3 Å². The minimum Gasteiger partial charge on any atom is -0.454 e. The Bertz CT molecular complexity index is 452. The Labute approximate surface area is 106 Å². The number of hydrogen-bond donors (Lipinski definition) is 1. The molecule has 1 aromatic carbocycles. The van der Waals surface area contributed by atoms with E-state index in [0.717, 1.165) is 30.2 Å². The summed E-state index contributed by atoms with van der Waals surface area (Å²) in [7, 11) is 2.08. The van der Waals surface area contributed by atoms with E-state index in [2.05, 4.69) is 11.9 Å². The van der Waals surface area contributed by atoms with Crippen LogP contribution in [-0.4, -0.2) is 45.0 Å². The average molecular weight is 250 g/mol. The fourth-order valence-electron chi connectivity index (χ4n) is 2.59. The molecule has 1 unspecified atom stereocenters. The van der Waals surface area contributed by atoms with Gasteiger partial charge < -0.3 is 19.9 Å². The van der Waals surface area contributed by atoms with Crippen LogP contribution in [0.5, 0.6) is 11.5 Å². The van der Waals surface area contributed by atoms with Crippen LogP contribution < -0.4 is 15.2 Å². The number of ether oxygens (including phenoxy) is 3. The monoisotopic (exact) mass is 250 g/mol. The van der Waals surface area contributed by atoms with Crippen LogP contribution in [0.4, 0.5) is 0 Å². The fraction of sp³-hybridized carbons (Fsp3) is 0.538. The summed E-state index contributed by atoms with van der Waals surface area (Å²) < 4.78 is 16.4. The Kier molecular flexibility index (Phi) is 2.89. The van der Waals surface area contributed by atoms with Gasteiger partial charge >= 0.3 is 0 Å². The lowest BCUT2D eigenvalue weighted by molar-refractivity contribution is -0.0549. The molecule has 1 atom stereocenters. The summed E-state index contributed by atoms with van der Waals surface area (Å²) in [6.45, 7) is 3.05. The molecule has 0 aromatic heterocycles. The maximum atomic E-state index is 6.01. The lowest BCUT2D eigenvalue weighted by Crippen LogP contribution is -2.56. The lowest BCUT2D eigenvalue weighted by atomic mass is 9.88. The molecule has 2 N–H and O–H groups in total. The summed E-state index contributed by atoms with van der Waals surface area (Å²) in [6, 6.07) is 6.00. The zero-order valence-electron chi connectivity index (χ0n) is 10.5. The fourth-order valence-corrected chi connectivity index (χ4v) is 2.59. The first-order valence-electron chi connectivity index (χ1n) is 6.15. The number of hydrogen-bond acceptors (Lipinski definition) is 5. The van der Waals surface area contributed by atoms with Gasteiger partial charge in [0.2, 0.25) is 6.79 Å². The molecule has 5 nitrogen and oxygen atoms in total. The second-order valence-corrected chi connectivity index (χ2v) is 4.78. The maximum absolute atomic E-state index is 6.01. The van der Waals surface area contributed by atoms with Crippen LogP contribution in [0.25, 0.3) is 0 Å². The maximum Gasteiger partial charge on any atom is 0.231 e. The molecule has 5 heteroatoms. The first-order valence-corrected chi connectivity index (χ1v) is 6.15. The molecule has 1 saturated heterocycles. The number of nitrogens with two attached hydrogens (primary N) is 1. The number of fused-ring (bicyclic) bond motifs is 1. The van der Waals surface area contributed by atoms with Crippen molar-refractivity contribution in [3.8, 4) is 11.5 Å². The molecular formula is C13H18N2O3. The molecule has 0 spiro atoms. The first kappa shape index (κ1) is 11.8. The molecule has 18 heavy (non-hydrogen) atoms. The Balaban J connectivity index is 2.00. The summed E-state index contributed by atoms with van der Waals surface area (Å²) in [5, 5.41) is 0. The Morgan fingerprint density at radius 3 is 2.94 bits per heavy atom. The second-order valence-electron chi connectivity index (χ2n) is 4.78. The standard InChI is InChI=1S/C13H18N2O3/c1-15-4-5-16-8-13(15,7-14)10-2-3-11-12(6-10)18-9-17-11/h2-3,6H,4-5,7-9,14H2,1H3. The molecule has 0 saturated carbocycles. The van der Waals surface area contributed by atoms with Crippen molar-refractivity contribution >= 4 is 0 Å².